The van der Waals surface area contributed by atoms with Gasteiger partial charge in [-0.1, -0.05) is 57.8 Å². The molecule has 0 bridgehead atoms. The van der Waals surface area contributed by atoms with Crippen LogP contribution in [-0.4, -0.2) is 5.97 Å². The zero-order valence-electron chi connectivity index (χ0n) is 9.67. The average molecular weight is 211 g/mol. The predicted molar refractivity (Wildman–Crippen MR) is 60.0 cm³/mol. The number of carbonyl (C=O) groups excluding carboxylic acids is 1. The summed E-state index contributed by atoms with van der Waals surface area (Å²) in [4.78, 5) is 10.9. The molecule has 15 heavy (non-hydrogen) atoms. The molecule has 0 heterocycles. The van der Waals surface area contributed by atoms with Crippen LogP contribution in [0.1, 0.15) is 70.6 Å². The van der Waals surface area contributed by atoms with Gasteiger partial charge in [0.2, 0.25) is 0 Å². The Kier molecular flexibility index (Phi) is 6.45. The summed E-state index contributed by atoms with van der Waals surface area (Å²) in [5.74, 6) is -1.00. The minimum atomic E-state index is -0.827. The Morgan fingerprint density at radius 1 is 0.667 bits per heavy atom. The summed E-state index contributed by atoms with van der Waals surface area (Å²) in [5.41, 5.74) is 0. The summed E-state index contributed by atoms with van der Waals surface area (Å²) < 4.78 is 0. The van der Waals surface area contributed by atoms with E-state index in [-0.39, 0.29) is 5.92 Å². The van der Waals surface area contributed by atoms with Gasteiger partial charge in [0.1, 0.15) is 0 Å². The molecule has 0 aliphatic heterocycles. The SMILES string of the molecule is [O]C(=O)C1CCCCCCCCCCC1. The van der Waals surface area contributed by atoms with Crippen LogP contribution in [-0.2, 0) is 9.90 Å². The van der Waals surface area contributed by atoms with Crippen LogP contribution in [0.2, 0.25) is 0 Å². The van der Waals surface area contributed by atoms with Crippen molar-refractivity contribution in [2.45, 2.75) is 70.6 Å². The van der Waals surface area contributed by atoms with Crippen LogP contribution in [0, 0.1) is 5.92 Å². The van der Waals surface area contributed by atoms with Crippen LogP contribution < -0.4 is 0 Å². The van der Waals surface area contributed by atoms with Gasteiger partial charge in [-0.3, -0.25) is 0 Å². The fraction of sp³-hybridized carbons (Fsp3) is 0.923. The molecule has 87 valence electrons. The zero-order chi connectivity index (χ0) is 10.9. The van der Waals surface area contributed by atoms with E-state index < -0.39 is 5.97 Å². The highest BCUT2D eigenvalue weighted by Crippen LogP contribution is 2.21. The maximum absolute atomic E-state index is 10.9. The molecule has 1 rings (SSSR count). The van der Waals surface area contributed by atoms with Crippen LogP contribution in [0.25, 0.3) is 0 Å². The van der Waals surface area contributed by atoms with Crippen molar-refractivity contribution in [2.75, 3.05) is 0 Å². The summed E-state index contributed by atoms with van der Waals surface area (Å²) in [5, 5.41) is 10.9. The van der Waals surface area contributed by atoms with Crippen LogP contribution in [0.3, 0.4) is 0 Å². The van der Waals surface area contributed by atoms with E-state index in [1.165, 1.54) is 44.9 Å². The molecular weight excluding hydrogens is 188 g/mol. The molecule has 0 spiro atoms. The quantitative estimate of drug-likeness (QED) is 0.648. The fourth-order valence-electron chi connectivity index (χ4n) is 2.40. The first-order valence-electron chi connectivity index (χ1n) is 6.51. The molecule has 0 N–H and O–H groups in total. The van der Waals surface area contributed by atoms with Gasteiger partial charge in [-0.25, -0.2) is 9.90 Å². The highest BCUT2D eigenvalue weighted by atomic mass is 16.4. The molecule has 2 nitrogen and oxygen atoms in total. The fourth-order valence-corrected chi connectivity index (χ4v) is 2.40. The number of carbonyl (C=O) groups is 1. The van der Waals surface area contributed by atoms with E-state index in [1.807, 2.05) is 0 Å². The van der Waals surface area contributed by atoms with E-state index in [2.05, 4.69) is 0 Å². The second kappa shape index (κ2) is 7.72. The van der Waals surface area contributed by atoms with E-state index in [1.54, 1.807) is 0 Å². The van der Waals surface area contributed by atoms with Crippen molar-refractivity contribution < 1.29 is 9.90 Å². The molecule has 0 saturated heterocycles. The highest BCUT2D eigenvalue weighted by Gasteiger charge is 2.18. The standard InChI is InChI=1S/C13H23O2/c14-13(15)12-10-8-6-4-2-1-3-5-7-9-11-12/h12H,1-11H2. The van der Waals surface area contributed by atoms with Crippen LogP contribution in [0.15, 0.2) is 0 Å². The van der Waals surface area contributed by atoms with E-state index in [4.69, 9.17) is 0 Å². The van der Waals surface area contributed by atoms with Gasteiger partial charge in [-0.15, -0.1) is 0 Å². The molecular formula is C13H23O2. The third-order valence-electron chi connectivity index (χ3n) is 3.44. The molecule has 1 fully saturated rings. The van der Waals surface area contributed by atoms with Gasteiger partial charge >= 0.3 is 5.97 Å². The minimum absolute atomic E-state index is 0.176. The van der Waals surface area contributed by atoms with Gasteiger partial charge in [0.15, 0.2) is 0 Å². The third kappa shape index (κ3) is 5.81. The van der Waals surface area contributed by atoms with Gasteiger partial charge in [0.05, 0.1) is 5.92 Å². The molecule has 0 atom stereocenters. The van der Waals surface area contributed by atoms with Crippen molar-refractivity contribution in [1.82, 2.24) is 0 Å². The largest absolute Gasteiger partial charge is 0.358 e. The average Bonchev–Trinajstić information content (AvgIpc) is 2.18. The normalized spacial score (nSPS) is 22.7. The smallest absolute Gasteiger partial charge is 0.247 e. The van der Waals surface area contributed by atoms with E-state index >= 15 is 0 Å². The summed E-state index contributed by atoms with van der Waals surface area (Å²) in [7, 11) is 0. The Morgan fingerprint density at radius 2 is 1.00 bits per heavy atom. The molecule has 2 heteroatoms. The van der Waals surface area contributed by atoms with E-state index in [0.717, 1.165) is 25.7 Å². The summed E-state index contributed by atoms with van der Waals surface area (Å²) in [6.07, 6.45) is 12.8. The minimum Gasteiger partial charge on any atom is -0.247 e. The van der Waals surface area contributed by atoms with Crippen molar-refractivity contribution in [3.63, 3.8) is 0 Å². The Hall–Kier alpha value is -0.530. The Morgan fingerprint density at radius 3 is 1.33 bits per heavy atom. The zero-order valence-corrected chi connectivity index (χ0v) is 9.67. The van der Waals surface area contributed by atoms with Crippen molar-refractivity contribution >= 4 is 5.97 Å². The van der Waals surface area contributed by atoms with E-state index in [9.17, 15) is 9.90 Å². The lowest BCUT2D eigenvalue weighted by molar-refractivity contribution is -0.148. The molecule has 1 aliphatic rings. The predicted octanol–water partition coefficient (Wildman–Crippen LogP) is 3.86. The Bertz CT molecular complexity index is 165. The summed E-state index contributed by atoms with van der Waals surface area (Å²) in [6, 6.07) is 0. The Balaban J connectivity index is 2.28. The molecule has 0 unspecified atom stereocenters. The number of rotatable bonds is 1. The van der Waals surface area contributed by atoms with E-state index in [0.29, 0.717) is 0 Å². The first kappa shape index (κ1) is 12.5. The molecule has 0 aromatic carbocycles. The molecule has 0 amide bonds. The highest BCUT2D eigenvalue weighted by molar-refractivity contribution is 5.69. The lowest BCUT2D eigenvalue weighted by atomic mass is 9.93. The van der Waals surface area contributed by atoms with Gasteiger partial charge in [0, 0.05) is 0 Å². The summed E-state index contributed by atoms with van der Waals surface area (Å²) >= 11 is 0. The maximum Gasteiger partial charge on any atom is 0.358 e. The molecule has 1 radical (unpaired) electrons. The van der Waals surface area contributed by atoms with Gasteiger partial charge in [0.25, 0.3) is 0 Å². The third-order valence-corrected chi connectivity index (χ3v) is 3.44. The number of hydrogen-bond acceptors (Lipinski definition) is 1. The number of hydrogen-bond donors (Lipinski definition) is 0. The molecule has 1 aliphatic carbocycles. The maximum atomic E-state index is 10.9. The second-order valence-corrected chi connectivity index (χ2v) is 4.78. The van der Waals surface area contributed by atoms with Crippen LogP contribution in [0.4, 0.5) is 0 Å². The van der Waals surface area contributed by atoms with Gasteiger partial charge < -0.3 is 0 Å². The monoisotopic (exact) mass is 211 g/mol. The van der Waals surface area contributed by atoms with Gasteiger partial charge in [-0.2, -0.15) is 0 Å². The first-order valence-corrected chi connectivity index (χ1v) is 6.51. The first-order chi connectivity index (χ1) is 7.30. The molecule has 0 aromatic rings. The van der Waals surface area contributed by atoms with Crippen molar-refractivity contribution in [3.05, 3.63) is 0 Å². The van der Waals surface area contributed by atoms with Crippen molar-refractivity contribution in [3.8, 4) is 0 Å². The molecule has 0 aromatic heterocycles. The van der Waals surface area contributed by atoms with Crippen molar-refractivity contribution in [1.29, 1.82) is 0 Å². The Labute approximate surface area is 93.1 Å². The summed E-state index contributed by atoms with van der Waals surface area (Å²) in [6.45, 7) is 0. The molecule has 1 saturated carbocycles. The second-order valence-electron chi connectivity index (χ2n) is 4.78. The topological polar surface area (TPSA) is 37.0 Å². The lowest BCUT2D eigenvalue weighted by Crippen LogP contribution is -2.12. The lowest BCUT2D eigenvalue weighted by Gasteiger charge is -2.12. The van der Waals surface area contributed by atoms with Gasteiger partial charge in [-0.05, 0) is 12.8 Å². The van der Waals surface area contributed by atoms with Crippen molar-refractivity contribution in [2.24, 2.45) is 5.92 Å². The van der Waals surface area contributed by atoms with Crippen LogP contribution >= 0.6 is 0 Å². The van der Waals surface area contributed by atoms with Crippen LogP contribution in [0.5, 0.6) is 0 Å².